The van der Waals surface area contributed by atoms with Crippen LogP contribution in [0.3, 0.4) is 0 Å². The standard InChI is InChI=1S/C21H28BrN5O3S/c1-20(2,31(24)29)12-14-13-6-4-5-7-15(13)30-21(14)8-10-27(11-9-21)19-25-17(23)16(22)18(28)26(19)3/h4-7,14H,8-12,23-24H2,1-3H3/t14-,31?/m1/s1. The number of nitrogens with two attached hydrogens (primary N) is 2. The van der Waals surface area contributed by atoms with Gasteiger partial charge in [-0.15, -0.1) is 0 Å². The Morgan fingerprint density at radius 2 is 1.97 bits per heavy atom. The van der Waals surface area contributed by atoms with Crippen LogP contribution in [0, 0.1) is 0 Å². The molecule has 2 aliphatic rings. The third-order valence-corrected chi connectivity index (χ3v) is 8.61. The van der Waals surface area contributed by atoms with Gasteiger partial charge in [-0.3, -0.25) is 14.5 Å². The lowest BCUT2D eigenvalue weighted by Gasteiger charge is -2.44. The Morgan fingerprint density at radius 1 is 1.32 bits per heavy atom. The van der Waals surface area contributed by atoms with Crippen molar-refractivity contribution >= 4 is 38.7 Å². The number of para-hydroxylation sites is 1. The van der Waals surface area contributed by atoms with Crippen LogP contribution in [0.4, 0.5) is 11.8 Å². The first kappa shape index (κ1) is 22.3. The van der Waals surface area contributed by atoms with E-state index in [1.165, 1.54) is 4.57 Å². The van der Waals surface area contributed by atoms with Crippen LogP contribution in [0.1, 0.15) is 44.6 Å². The average molecular weight is 510 g/mol. The van der Waals surface area contributed by atoms with Gasteiger partial charge in [0.2, 0.25) is 5.95 Å². The molecule has 2 aromatic rings. The summed E-state index contributed by atoms with van der Waals surface area (Å²) in [5.41, 5.74) is 6.46. The molecule has 2 aliphatic heterocycles. The quantitative estimate of drug-likeness (QED) is 0.653. The highest BCUT2D eigenvalue weighted by Gasteiger charge is 2.52. The van der Waals surface area contributed by atoms with Gasteiger partial charge in [0.1, 0.15) is 21.6 Å². The summed E-state index contributed by atoms with van der Waals surface area (Å²) in [7, 11) is 0.248. The van der Waals surface area contributed by atoms with Gasteiger partial charge in [0, 0.05) is 44.5 Å². The maximum atomic E-state index is 12.4. The molecule has 1 aromatic carbocycles. The molecule has 0 bridgehead atoms. The Bertz CT molecular complexity index is 1090. The van der Waals surface area contributed by atoms with Crippen molar-refractivity contribution in [2.75, 3.05) is 23.7 Å². The number of fused-ring (bicyclic) bond motifs is 1. The van der Waals surface area contributed by atoms with E-state index in [-0.39, 0.29) is 21.8 Å². The fourth-order valence-corrected chi connectivity index (χ4v) is 5.39. The molecule has 1 aromatic heterocycles. The van der Waals surface area contributed by atoms with Crippen LogP contribution >= 0.6 is 15.9 Å². The van der Waals surface area contributed by atoms with E-state index in [0.29, 0.717) is 25.5 Å². The number of benzene rings is 1. The summed E-state index contributed by atoms with van der Waals surface area (Å²) in [6, 6.07) is 8.08. The third kappa shape index (κ3) is 3.78. The van der Waals surface area contributed by atoms with Crippen molar-refractivity contribution in [3.8, 4) is 5.75 Å². The van der Waals surface area contributed by atoms with Crippen LogP contribution < -0.4 is 26.1 Å². The number of nitrogens with zero attached hydrogens (tertiary/aromatic N) is 3. The van der Waals surface area contributed by atoms with E-state index >= 15 is 0 Å². The molecule has 8 nitrogen and oxygen atoms in total. The van der Waals surface area contributed by atoms with Crippen LogP contribution in [-0.4, -0.2) is 37.2 Å². The van der Waals surface area contributed by atoms with E-state index < -0.39 is 21.3 Å². The molecular formula is C21H28BrN5O3S. The molecule has 168 valence electrons. The van der Waals surface area contributed by atoms with Gasteiger partial charge in [0.25, 0.3) is 5.56 Å². The maximum absolute atomic E-state index is 12.4. The smallest absolute Gasteiger partial charge is 0.271 e. The molecule has 1 saturated heterocycles. The summed E-state index contributed by atoms with van der Waals surface area (Å²) in [6.07, 6.45) is 2.14. The first-order chi connectivity index (χ1) is 14.6. The molecule has 4 N–H and O–H groups in total. The minimum absolute atomic E-state index is 0.0834. The van der Waals surface area contributed by atoms with E-state index in [0.717, 1.165) is 24.2 Å². The zero-order valence-corrected chi connectivity index (χ0v) is 20.3. The van der Waals surface area contributed by atoms with Crippen molar-refractivity contribution in [3.05, 3.63) is 44.7 Å². The molecule has 4 rings (SSSR count). The maximum Gasteiger partial charge on any atom is 0.271 e. The van der Waals surface area contributed by atoms with Gasteiger partial charge < -0.3 is 15.4 Å². The number of hydrogen-bond donors (Lipinski definition) is 2. The van der Waals surface area contributed by atoms with E-state index in [1.54, 1.807) is 7.05 Å². The first-order valence-electron chi connectivity index (χ1n) is 10.3. The fraction of sp³-hybridized carbons (Fsp3) is 0.524. The molecular weight excluding hydrogens is 482 g/mol. The van der Waals surface area contributed by atoms with Crippen LogP contribution in [0.2, 0.25) is 0 Å². The Balaban J connectivity index is 1.63. The molecule has 31 heavy (non-hydrogen) atoms. The Hall–Kier alpha value is -1.91. The molecule has 0 aliphatic carbocycles. The zero-order chi connectivity index (χ0) is 22.6. The number of nitrogen functional groups attached to an aromatic ring is 1. The van der Waals surface area contributed by atoms with Gasteiger partial charge >= 0.3 is 0 Å². The van der Waals surface area contributed by atoms with Crippen molar-refractivity contribution in [2.24, 2.45) is 12.2 Å². The van der Waals surface area contributed by atoms with Gasteiger partial charge in [0.15, 0.2) is 0 Å². The molecule has 3 heterocycles. The van der Waals surface area contributed by atoms with Crippen molar-refractivity contribution in [1.82, 2.24) is 9.55 Å². The van der Waals surface area contributed by atoms with Crippen LogP contribution in [0.15, 0.2) is 33.5 Å². The number of piperidine rings is 1. The lowest BCUT2D eigenvalue weighted by atomic mass is 9.74. The van der Waals surface area contributed by atoms with Gasteiger partial charge in [-0.2, -0.15) is 4.98 Å². The summed E-state index contributed by atoms with van der Waals surface area (Å²) in [6.45, 7) is 5.21. The van der Waals surface area contributed by atoms with E-state index in [1.807, 2.05) is 32.0 Å². The lowest BCUT2D eigenvalue weighted by Crippen LogP contribution is -2.52. The summed E-state index contributed by atoms with van der Waals surface area (Å²) < 4.78 is 20.0. The minimum Gasteiger partial charge on any atom is -0.486 e. The number of aromatic nitrogens is 2. The Labute approximate surface area is 192 Å². The van der Waals surface area contributed by atoms with E-state index in [9.17, 15) is 9.00 Å². The van der Waals surface area contributed by atoms with Gasteiger partial charge in [-0.05, 0) is 42.3 Å². The van der Waals surface area contributed by atoms with Crippen LogP contribution in [-0.2, 0) is 18.0 Å². The molecule has 2 atom stereocenters. The van der Waals surface area contributed by atoms with Crippen molar-refractivity contribution < 1.29 is 8.95 Å². The van der Waals surface area contributed by atoms with Crippen LogP contribution in [0.5, 0.6) is 5.75 Å². The summed E-state index contributed by atoms with van der Waals surface area (Å²) >= 11 is 3.21. The minimum atomic E-state index is -1.45. The number of ether oxygens (including phenoxy) is 1. The summed E-state index contributed by atoms with van der Waals surface area (Å²) in [5.74, 6) is 1.71. The van der Waals surface area contributed by atoms with Gasteiger partial charge in [-0.1, -0.05) is 18.2 Å². The molecule has 10 heteroatoms. The number of hydrogen-bond acceptors (Lipinski definition) is 6. The normalized spacial score (nSPS) is 21.1. The molecule has 0 radical (unpaired) electrons. The predicted octanol–water partition coefficient (Wildman–Crippen LogP) is 2.43. The number of anilines is 2. The molecule has 0 saturated carbocycles. The first-order valence-corrected chi connectivity index (χ1v) is 12.3. The molecule has 1 fully saturated rings. The highest BCUT2D eigenvalue weighted by Crippen LogP contribution is 2.53. The topological polar surface area (TPSA) is 116 Å². The highest BCUT2D eigenvalue weighted by atomic mass is 79.9. The zero-order valence-electron chi connectivity index (χ0n) is 17.9. The monoisotopic (exact) mass is 509 g/mol. The van der Waals surface area contributed by atoms with Gasteiger partial charge in [-0.25, -0.2) is 4.21 Å². The van der Waals surface area contributed by atoms with Crippen molar-refractivity contribution in [2.45, 2.75) is 49.4 Å². The molecule has 0 amide bonds. The van der Waals surface area contributed by atoms with Crippen molar-refractivity contribution in [3.63, 3.8) is 0 Å². The second-order valence-electron chi connectivity index (χ2n) is 8.98. The van der Waals surface area contributed by atoms with E-state index in [2.05, 4.69) is 31.9 Å². The lowest BCUT2D eigenvalue weighted by molar-refractivity contribution is 0.0363. The molecule has 1 unspecified atom stereocenters. The second kappa shape index (κ2) is 7.90. The second-order valence-corrected chi connectivity index (χ2v) is 11.5. The third-order valence-electron chi connectivity index (χ3n) is 6.61. The van der Waals surface area contributed by atoms with Crippen molar-refractivity contribution in [1.29, 1.82) is 0 Å². The Morgan fingerprint density at radius 3 is 2.61 bits per heavy atom. The van der Waals surface area contributed by atoms with Crippen LogP contribution in [0.25, 0.3) is 0 Å². The highest BCUT2D eigenvalue weighted by molar-refractivity contribution is 9.10. The SMILES string of the molecule is Cn1c(N2CCC3(CC2)Oc2ccccc2[C@H]3CC(C)(C)S(N)=O)nc(N)c(Br)c1=O. The largest absolute Gasteiger partial charge is 0.486 e. The number of halogens is 1. The summed E-state index contributed by atoms with van der Waals surface area (Å²) in [5, 5.41) is 5.81. The number of rotatable bonds is 4. The average Bonchev–Trinajstić information content (AvgIpc) is 3.02. The van der Waals surface area contributed by atoms with Gasteiger partial charge in [0.05, 0.1) is 15.7 Å². The summed E-state index contributed by atoms with van der Waals surface area (Å²) in [4.78, 5) is 18.9. The predicted molar refractivity (Wildman–Crippen MR) is 127 cm³/mol. The van der Waals surface area contributed by atoms with E-state index in [4.69, 9.17) is 15.6 Å². The Kier molecular flexibility index (Phi) is 5.68. The fourth-order valence-electron chi connectivity index (χ4n) is 4.70. The molecule has 1 spiro atoms.